The molecule has 7 heteroatoms. The molecule has 3 rings (SSSR count). The molecule has 1 aliphatic rings. The van der Waals surface area contributed by atoms with Gasteiger partial charge >= 0.3 is 5.97 Å². The smallest absolute Gasteiger partial charge is 0.335 e. The van der Waals surface area contributed by atoms with E-state index >= 15 is 0 Å². The van der Waals surface area contributed by atoms with Crippen LogP contribution in [0, 0.1) is 12.8 Å². The van der Waals surface area contributed by atoms with Crippen molar-refractivity contribution in [2.45, 2.75) is 19.8 Å². The Hall–Kier alpha value is -3.48. The molecule has 29 heavy (non-hydrogen) atoms. The third-order valence-corrected chi connectivity index (χ3v) is 5.07. The number of rotatable bonds is 5. The van der Waals surface area contributed by atoms with Crippen molar-refractivity contribution in [2.75, 3.05) is 13.1 Å². The van der Waals surface area contributed by atoms with Crippen LogP contribution < -0.4 is 5.43 Å². The Labute approximate surface area is 169 Å². The quantitative estimate of drug-likeness (QED) is 0.603. The number of aromatic carboxylic acids is 1. The van der Waals surface area contributed by atoms with Gasteiger partial charge in [0.1, 0.15) is 0 Å². The number of amides is 2. The highest BCUT2D eigenvalue weighted by atomic mass is 16.4. The van der Waals surface area contributed by atoms with Gasteiger partial charge in [-0.25, -0.2) is 10.2 Å². The van der Waals surface area contributed by atoms with E-state index in [1.54, 1.807) is 17.0 Å². The molecule has 0 aromatic heterocycles. The van der Waals surface area contributed by atoms with Crippen molar-refractivity contribution in [1.82, 2.24) is 10.3 Å². The minimum Gasteiger partial charge on any atom is -0.478 e. The van der Waals surface area contributed by atoms with Gasteiger partial charge in [-0.15, -0.1) is 0 Å². The van der Waals surface area contributed by atoms with Gasteiger partial charge in [-0.2, -0.15) is 5.10 Å². The SMILES string of the molecule is Cc1ccccc1C(=O)N1CCC(C(=O)N/N=C/c2ccc(C(=O)O)cc2)CC1. The van der Waals surface area contributed by atoms with E-state index in [4.69, 9.17) is 5.11 Å². The number of hydrogen-bond donors (Lipinski definition) is 2. The second-order valence-electron chi connectivity index (χ2n) is 7.04. The van der Waals surface area contributed by atoms with E-state index in [0.717, 1.165) is 5.56 Å². The Morgan fingerprint density at radius 2 is 1.72 bits per heavy atom. The van der Waals surface area contributed by atoms with E-state index in [-0.39, 0.29) is 23.3 Å². The van der Waals surface area contributed by atoms with Gasteiger partial charge in [-0.05, 0) is 49.1 Å². The minimum atomic E-state index is -0.992. The van der Waals surface area contributed by atoms with Gasteiger partial charge in [0.2, 0.25) is 5.91 Å². The van der Waals surface area contributed by atoms with Gasteiger partial charge in [-0.3, -0.25) is 9.59 Å². The number of likely N-dealkylation sites (tertiary alicyclic amines) is 1. The molecule has 1 aliphatic heterocycles. The molecular formula is C22H23N3O4. The first-order chi connectivity index (χ1) is 14.0. The molecule has 0 atom stereocenters. The van der Waals surface area contributed by atoms with E-state index in [1.165, 1.54) is 18.3 Å². The average molecular weight is 393 g/mol. The van der Waals surface area contributed by atoms with Crippen molar-refractivity contribution < 1.29 is 19.5 Å². The van der Waals surface area contributed by atoms with Crippen molar-refractivity contribution in [1.29, 1.82) is 0 Å². The van der Waals surface area contributed by atoms with Crippen molar-refractivity contribution >= 4 is 24.0 Å². The Morgan fingerprint density at radius 1 is 1.07 bits per heavy atom. The summed E-state index contributed by atoms with van der Waals surface area (Å²) in [4.78, 5) is 37.6. The highest BCUT2D eigenvalue weighted by Crippen LogP contribution is 2.20. The summed E-state index contributed by atoms with van der Waals surface area (Å²) >= 11 is 0. The molecule has 0 spiro atoms. The highest BCUT2D eigenvalue weighted by molar-refractivity contribution is 5.96. The fourth-order valence-electron chi connectivity index (χ4n) is 3.30. The zero-order chi connectivity index (χ0) is 20.8. The maximum atomic E-state index is 12.7. The van der Waals surface area contributed by atoms with Crippen LogP contribution in [-0.4, -0.2) is 47.1 Å². The first kappa shape index (κ1) is 20.3. The van der Waals surface area contributed by atoms with Crippen LogP contribution >= 0.6 is 0 Å². The number of benzene rings is 2. The Kier molecular flexibility index (Phi) is 6.39. The third-order valence-electron chi connectivity index (χ3n) is 5.07. The Morgan fingerprint density at radius 3 is 2.34 bits per heavy atom. The van der Waals surface area contributed by atoms with Crippen LogP contribution in [0.25, 0.3) is 0 Å². The fraction of sp³-hybridized carbons (Fsp3) is 0.273. The van der Waals surface area contributed by atoms with Crippen LogP contribution in [0.2, 0.25) is 0 Å². The molecule has 150 valence electrons. The zero-order valence-corrected chi connectivity index (χ0v) is 16.2. The largest absolute Gasteiger partial charge is 0.478 e. The topological polar surface area (TPSA) is 99.1 Å². The molecule has 7 nitrogen and oxygen atoms in total. The van der Waals surface area contributed by atoms with E-state index in [2.05, 4.69) is 10.5 Å². The number of carbonyl (C=O) groups excluding carboxylic acids is 2. The summed E-state index contributed by atoms with van der Waals surface area (Å²) in [6.07, 6.45) is 2.65. The lowest BCUT2D eigenvalue weighted by Gasteiger charge is -2.31. The molecule has 2 aromatic carbocycles. The lowest BCUT2D eigenvalue weighted by Crippen LogP contribution is -2.42. The lowest BCUT2D eigenvalue weighted by molar-refractivity contribution is -0.126. The monoisotopic (exact) mass is 393 g/mol. The fourth-order valence-corrected chi connectivity index (χ4v) is 3.30. The molecule has 2 amide bonds. The molecule has 0 saturated carbocycles. The van der Waals surface area contributed by atoms with Crippen molar-refractivity contribution in [3.8, 4) is 0 Å². The van der Waals surface area contributed by atoms with Gasteiger partial charge < -0.3 is 10.0 Å². The van der Waals surface area contributed by atoms with E-state index in [9.17, 15) is 14.4 Å². The molecule has 0 radical (unpaired) electrons. The maximum Gasteiger partial charge on any atom is 0.335 e. The first-order valence-electron chi connectivity index (χ1n) is 9.47. The van der Waals surface area contributed by atoms with Crippen LogP contribution in [0.1, 0.15) is 44.7 Å². The molecule has 0 bridgehead atoms. The first-order valence-corrected chi connectivity index (χ1v) is 9.47. The van der Waals surface area contributed by atoms with Crippen molar-refractivity contribution in [2.24, 2.45) is 11.0 Å². The molecule has 1 fully saturated rings. The molecule has 2 aromatic rings. The summed E-state index contributed by atoms with van der Waals surface area (Å²) < 4.78 is 0. The highest BCUT2D eigenvalue weighted by Gasteiger charge is 2.28. The van der Waals surface area contributed by atoms with Crippen LogP contribution in [0.5, 0.6) is 0 Å². The number of piperidine rings is 1. The molecule has 0 unspecified atom stereocenters. The van der Waals surface area contributed by atoms with Gasteiger partial charge in [0, 0.05) is 24.6 Å². The van der Waals surface area contributed by atoms with Gasteiger partial charge in [-0.1, -0.05) is 30.3 Å². The summed E-state index contributed by atoms with van der Waals surface area (Å²) in [5, 5.41) is 12.8. The van der Waals surface area contributed by atoms with Crippen molar-refractivity contribution in [3.05, 3.63) is 70.8 Å². The molecule has 2 N–H and O–H groups in total. The van der Waals surface area contributed by atoms with E-state index in [0.29, 0.717) is 37.1 Å². The summed E-state index contributed by atoms with van der Waals surface area (Å²) in [7, 11) is 0. The average Bonchev–Trinajstić information content (AvgIpc) is 2.74. The van der Waals surface area contributed by atoms with E-state index < -0.39 is 5.97 Å². The predicted molar refractivity (Wildman–Crippen MR) is 109 cm³/mol. The summed E-state index contributed by atoms with van der Waals surface area (Å²) in [6.45, 7) is 2.98. The van der Waals surface area contributed by atoms with E-state index in [1.807, 2.05) is 31.2 Å². The van der Waals surface area contributed by atoms with Crippen molar-refractivity contribution in [3.63, 3.8) is 0 Å². The molecule has 1 heterocycles. The predicted octanol–water partition coefficient (Wildman–Crippen LogP) is 2.70. The molecule has 0 aliphatic carbocycles. The Balaban J connectivity index is 1.49. The minimum absolute atomic E-state index is 0.00443. The number of nitrogens with zero attached hydrogens (tertiary/aromatic N) is 2. The number of carboxylic acids is 1. The van der Waals surface area contributed by atoms with Crippen LogP contribution in [-0.2, 0) is 4.79 Å². The summed E-state index contributed by atoms with van der Waals surface area (Å²) in [5.41, 5.74) is 5.07. The second-order valence-corrected chi connectivity index (χ2v) is 7.04. The lowest BCUT2D eigenvalue weighted by atomic mass is 9.95. The van der Waals surface area contributed by atoms with Gasteiger partial charge in [0.25, 0.3) is 5.91 Å². The molecular weight excluding hydrogens is 370 g/mol. The van der Waals surface area contributed by atoms with Crippen LogP contribution in [0.4, 0.5) is 0 Å². The van der Waals surface area contributed by atoms with Crippen LogP contribution in [0.15, 0.2) is 53.6 Å². The van der Waals surface area contributed by atoms with Gasteiger partial charge in [0.05, 0.1) is 11.8 Å². The second kappa shape index (κ2) is 9.14. The summed E-state index contributed by atoms with van der Waals surface area (Å²) in [5.74, 6) is -1.35. The number of hydrazone groups is 1. The van der Waals surface area contributed by atoms with Gasteiger partial charge in [0.15, 0.2) is 0 Å². The number of aryl methyl sites for hydroxylation is 1. The summed E-state index contributed by atoms with van der Waals surface area (Å²) in [6, 6.07) is 13.7. The normalized spacial score (nSPS) is 14.7. The zero-order valence-electron chi connectivity index (χ0n) is 16.2. The number of hydrogen-bond acceptors (Lipinski definition) is 4. The van der Waals surface area contributed by atoms with Crippen LogP contribution in [0.3, 0.4) is 0 Å². The number of nitrogens with one attached hydrogen (secondary N) is 1. The standard InChI is InChI=1S/C22H23N3O4/c1-15-4-2-3-5-19(15)21(27)25-12-10-17(11-13-25)20(26)24-23-14-16-6-8-18(9-7-16)22(28)29/h2-9,14,17H,10-13H2,1H3,(H,24,26)(H,28,29)/b23-14+. The maximum absolute atomic E-state index is 12.7. The Bertz CT molecular complexity index is 929. The molecule has 1 saturated heterocycles. The third kappa shape index (κ3) is 5.07. The number of carboxylic acid groups (broad SMARTS) is 1. The number of carbonyl (C=O) groups is 3.